The van der Waals surface area contributed by atoms with Crippen molar-refractivity contribution in [3.8, 4) is 0 Å². The predicted octanol–water partition coefficient (Wildman–Crippen LogP) is 1.56. The molecule has 1 aromatic rings. The molecule has 0 radical (unpaired) electrons. The molecule has 1 aromatic heterocycles. The van der Waals surface area contributed by atoms with Crippen LogP contribution in [-0.2, 0) is 11.2 Å². The van der Waals surface area contributed by atoms with Crippen LogP contribution in [0, 0.1) is 0 Å². The van der Waals surface area contributed by atoms with Gasteiger partial charge in [0.25, 0.3) is 0 Å². The van der Waals surface area contributed by atoms with Crippen LogP contribution in [0.5, 0.6) is 0 Å². The molecule has 0 bridgehead atoms. The average Bonchev–Trinajstić information content (AvgIpc) is 2.73. The lowest BCUT2D eigenvalue weighted by molar-refractivity contribution is -0.117. The van der Waals surface area contributed by atoms with E-state index in [0.717, 1.165) is 24.3 Å². The van der Waals surface area contributed by atoms with Crippen molar-refractivity contribution in [2.75, 3.05) is 5.32 Å². The van der Waals surface area contributed by atoms with Gasteiger partial charge in [0.2, 0.25) is 11.0 Å². The van der Waals surface area contributed by atoms with E-state index in [1.807, 2.05) is 6.92 Å². The number of hydrogen-bond acceptors (Lipinski definition) is 5. The van der Waals surface area contributed by atoms with Gasteiger partial charge in [-0.15, -0.1) is 10.2 Å². The molecule has 0 spiro atoms. The summed E-state index contributed by atoms with van der Waals surface area (Å²) in [7, 11) is 0. The topological polar surface area (TPSA) is 80.9 Å². The Labute approximate surface area is 99.5 Å². The summed E-state index contributed by atoms with van der Waals surface area (Å²) in [6.45, 7) is 4.07. The third-order valence-electron chi connectivity index (χ3n) is 2.20. The van der Waals surface area contributed by atoms with E-state index in [4.69, 9.17) is 5.73 Å². The lowest BCUT2D eigenvalue weighted by Crippen LogP contribution is -2.35. The van der Waals surface area contributed by atoms with Gasteiger partial charge in [-0.3, -0.25) is 10.1 Å². The summed E-state index contributed by atoms with van der Waals surface area (Å²) in [5, 5.41) is 11.9. The molecule has 0 fully saturated rings. The number of nitrogens with two attached hydrogens (primary N) is 1. The minimum Gasteiger partial charge on any atom is -0.320 e. The molecule has 6 heteroatoms. The summed E-state index contributed by atoms with van der Waals surface area (Å²) >= 11 is 1.39. The van der Waals surface area contributed by atoms with Crippen molar-refractivity contribution in [2.45, 2.75) is 45.6 Å². The summed E-state index contributed by atoms with van der Waals surface area (Å²) in [4.78, 5) is 11.6. The minimum absolute atomic E-state index is 0.174. The van der Waals surface area contributed by atoms with E-state index < -0.39 is 6.04 Å². The lowest BCUT2D eigenvalue weighted by atomic mass is 10.1. The molecule has 1 atom stereocenters. The molecule has 0 aromatic carbocycles. The van der Waals surface area contributed by atoms with Gasteiger partial charge < -0.3 is 5.73 Å². The zero-order valence-electron chi connectivity index (χ0n) is 9.69. The second kappa shape index (κ2) is 6.55. The quantitative estimate of drug-likeness (QED) is 0.793. The van der Waals surface area contributed by atoms with Crippen LogP contribution in [0.25, 0.3) is 0 Å². The monoisotopic (exact) mass is 242 g/mol. The summed E-state index contributed by atoms with van der Waals surface area (Å²) in [5.74, 6) is -0.174. The molecule has 90 valence electrons. The maximum atomic E-state index is 11.6. The summed E-state index contributed by atoms with van der Waals surface area (Å²) in [5.41, 5.74) is 5.73. The van der Waals surface area contributed by atoms with Crippen LogP contribution in [0.15, 0.2) is 0 Å². The van der Waals surface area contributed by atoms with Crippen molar-refractivity contribution in [1.29, 1.82) is 0 Å². The van der Waals surface area contributed by atoms with Gasteiger partial charge in [0.05, 0.1) is 6.04 Å². The van der Waals surface area contributed by atoms with E-state index >= 15 is 0 Å². The van der Waals surface area contributed by atoms with Crippen LogP contribution in [-0.4, -0.2) is 22.1 Å². The van der Waals surface area contributed by atoms with Gasteiger partial charge in [-0.1, -0.05) is 38.0 Å². The Balaban J connectivity index is 2.44. The third kappa shape index (κ3) is 3.86. The van der Waals surface area contributed by atoms with Crippen molar-refractivity contribution in [3.63, 3.8) is 0 Å². The molecule has 5 nitrogen and oxygen atoms in total. The third-order valence-corrected chi connectivity index (χ3v) is 3.19. The molecule has 1 amide bonds. The Kier molecular flexibility index (Phi) is 5.34. The first-order valence-electron chi connectivity index (χ1n) is 5.56. The van der Waals surface area contributed by atoms with Crippen LogP contribution in [0.1, 0.15) is 38.1 Å². The number of aryl methyl sites for hydroxylation is 1. The van der Waals surface area contributed by atoms with Crippen molar-refractivity contribution >= 4 is 22.4 Å². The number of anilines is 1. The normalized spacial score (nSPS) is 12.4. The molecule has 0 aliphatic rings. The van der Waals surface area contributed by atoms with E-state index in [2.05, 4.69) is 22.4 Å². The second-order valence-electron chi connectivity index (χ2n) is 3.59. The Morgan fingerprint density at radius 2 is 2.25 bits per heavy atom. The fourth-order valence-corrected chi connectivity index (χ4v) is 1.88. The Morgan fingerprint density at radius 3 is 2.81 bits per heavy atom. The number of hydrogen-bond donors (Lipinski definition) is 2. The molecule has 3 N–H and O–H groups in total. The zero-order valence-corrected chi connectivity index (χ0v) is 10.5. The van der Waals surface area contributed by atoms with Crippen molar-refractivity contribution in [3.05, 3.63) is 5.01 Å². The fraction of sp³-hybridized carbons (Fsp3) is 0.700. The van der Waals surface area contributed by atoms with Crippen LogP contribution >= 0.6 is 11.3 Å². The Bertz CT molecular complexity index is 339. The fourth-order valence-electron chi connectivity index (χ4n) is 1.20. The van der Waals surface area contributed by atoms with Crippen LogP contribution in [0.2, 0.25) is 0 Å². The number of carbonyl (C=O) groups is 1. The highest BCUT2D eigenvalue weighted by atomic mass is 32.1. The molecule has 16 heavy (non-hydrogen) atoms. The smallest absolute Gasteiger partial charge is 0.243 e. The van der Waals surface area contributed by atoms with Gasteiger partial charge >= 0.3 is 0 Å². The number of carbonyl (C=O) groups excluding carboxylic acids is 1. The summed E-state index contributed by atoms with van der Waals surface area (Å²) in [6.07, 6.45) is 3.54. The molecule has 0 aliphatic carbocycles. The first kappa shape index (κ1) is 13.1. The van der Waals surface area contributed by atoms with E-state index in [0.29, 0.717) is 11.6 Å². The van der Waals surface area contributed by atoms with E-state index in [1.54, 1.807) is 0 Å². The number of nitrogens with zero attached hydrogens (tertiary/aromatic N) is 2. The van der Waals surface area contributed by atoms with Crippen molar-refractivity contribution in [1.82, 2.24) is 10.2 Å². The van der Waals surface area contributed by atoms with Crippen LogP contribution in [0.4, 0.5) is 5.13 Å². The first-order chi connectivity index (χ1) is 7.67. The van der Waals surface area contributed by atoms with Gasteiger partial charge in [-0.2, -0.15) is 0 Å². The highest BCUT2D eigenvalue weighted by molar-refractivity contribution is 7.15. The molecule has 1 rings (SSSR count). The SMILES string of the molecule is CCCC[C@H](N)C(=O)Nc1nnc(CC)s1. The minimum atomic E-state index is -0.450. The van der Waals surface area contributed by atoms with Crippen LogP contribution < -0.4 is 11.1 Å². The largest absolute Gasteiger partial charge is 0.320 e. The molecule has 0 aliphatic heterocycles. The van der Waals surface area contributed by atoms with E-state index in [-0.39, 0.29) is 5.91 Å². The van der Waals surface area contributed by atoms with E-state index in [9.17, 15) is 4.79 Å². The van der Waals surface area contributed by atoms with Crippen LogP contribution in [0.3, 0.4) is 0 Å². The Morgan fingerprint density at radius 1 is 1.50 bits per heavy atom. The van der Waals surface area contributed by atoms with E-state index in [1.165, 1.54) is 11.3 Å². The Hall–Kier alpha value is -1.01. The molecule has 1 heterocycles. The summed E-state index contributed by atoms with van der Waals surface area (Å²) < 4.78 is 0. The van der Waals surface area contributed by atoms with Crippen molar-refractivity contribution in [2.24, 2.45) is 5.73 Å². The van der Waals surface area contributed by atoms with Gasteiger partial charge in [0.1, 0.15) is 5.01 Å². The first-order valence-corrected chi connectivity index (χ1v) is 6.37. The van der Waals surface area contributed by atoms with Gasteiger partial charge in [-0.25, -0.2) is 0 Å². The highest BCUT2D eigenvalue weighted by Crippen LogP contribution is 2.15. The predicted molar refractivity (Wildman–Crippen MR) is 65.4 cm³/mol. The maximum absolute atomic E-state index is 11.6. The second-order valence-corrected chi connectivity index (χ2v) is 4.65. The number of aromatic nitrogens is 2. The standard InChI is InChI=1S/C10H18N4OS/c1-3-5-6-7(11)9(15)12-10-14-13-8(4-2)16-10/h7H,3-6,11H2,1-2H3,(H,12,14,15)/t7-/m0/s1. The number of unbranched alkanes of at least 4 members (excludes halogenated alkanes) is 1. The summed E-state index contributed by atoms with van der Waals surface area (Å²) in [6, 6.07) is -0.450. The lowest BCUT2D eigenvalue weighted by Gasteiger charge is -2.09. The molecular weight excluding hydrogens is 224 g/mol. The zero-order chi connectivity index (χ0) is 12.0. The van der Waals surface area contributed by atoms with Gasteiger partial charge in [0, 0.05) is 0 Å². The molecule has 0 saturated carbocycles. The van der Waals surface area contributed by atoms with Gasteiger partial charge in [0.15, 0.2) is 0 Å². The maximum Gasteiger partial charge on any atom is 0.243 e. The average molecular weight is 242 g/mol. The molecule has 0 saturated heterocycles. The number of rotatable bonds is 6. The highest BCUT2D eigenvalue weighted by Gasteiger charge is 2.14. The molecule has 0 unspecified atom stereocenters. The number of amides is 1. The molecular formula is C10H18N4OS. The van der Waals surface area contributed by atoms with Gasteiger partial charge in [-0.05, 0) is 12.8 Å². The number of nitrogens with one attached hydrogen (secondary N) is 1. The van der Waals surface area contributed by atoms with Crippen molar-refractivity contribution < 1.29 is 4.79 Å².